The Bertz CT molecular complexity index is 324. The molecular weight excluding hydrogens is 312 g/mol. The lowest BCUT2D eigenvalue weighted by Crippen LogP contribution is -2.28. The number of nitrogens with two attached hydrogens (primary N) is 1. The van der Waals surface area contributed by atoms with Crippen LogP contribution < -0.4 is 11.1 Å². The van der Waals surface area contributed by atoms with E-state index in [1.165, 1.54) is 0 Å². The van der Waals surface area contributed by atoms with Crippen molar-refractivity contribution in [1.29, 1.82) is 0 Å². The fourth-order valence-electron chi connectivity index (χ4n) is 1.02. The second-order valence-corrected chi connectivity index (χ2v) is 4.22. The number of nitrogens with one attached hydrogen (secondary N) is 1. The Kier molecular flexibility index (Phi) is 4.69. The van der Waals surface area contributed by atoms with Crippen LogP contribution in [0.1, 0.15) is 11.8 Å². The van der Waals surface area contributed by atoms with Gasteiger partial charge in [-0.3, -0.25) is 5.32 Å². The smallest absolute Gasteiger partial charge is 0.183 e. The number of halogens is 2. The topological polar surface area (TPSA) is 51.2 Å². The zero-order valence-corrected chi connectivity index (χ0v) is 10.6. The van der Waals surface area contributed by atoms with Crippen molar-refractivity contribution < 1.29 is 4.42 Å². The number of rotatable bonds is 4. The van der Waals surface area contributed by atoms with E-state index in [0.717, 1.165) is 10.2 Å². The van der Waals surface area contributed by atoms with Gasteiger partial charge in [-0.05, 0) is 37.9 Å². The van der Waals surface area contributed by atoms with E-state index in [4.69, 9.17) is 16.6 Å². The van der Waals surface area contributed by atoms with Gasteiger partial charge in [0.2, 0.25) is 0 Å². The molecule has 0 aromatic carbocycles. The normalized spacial score (nSPS) is 12.4. The van der Waals surface area contributed by atoms with E-state index in [1.54, 1.807) is 0 Å². The minimum Gasteiger partial charge on any atom is -0.451 e. The molecule has 76 valence electrons. The zero-order chi connectivity index (χ0) is 10.6. The predicted molar refractivity (Wildman–Crippen MR) is 62.7 cm³/mol. The summed E-state index contributed by atoms with van der Waals surface area (Å²) in [6.45, 7) is 0.909. The number of terminal acetylenes is 1. The van der Waals surface area contributed by atoms with Gasteiger partial charge in [0.05, 0.1) is 17.1 Å². The summed E-state index contributed by atoms with van der Waals surface area (Å²) in [5, 5.41) is 3.08. The summed E-state index contributed by atoms with van der Waals surface area (Å²) in [4.78, 5) is 0. The van der Waals surface area contributed by atoms with E-state index < -0.39 is 0 Å². The third kappa shape index (κ3) is 2.85. The van der Waals surface area contributed by atoms with Crippen molar-refractivity contribution in [2.45, 2.75) is 6.04 Å². The van der Waals surface area contributed by atoms with Crippen LogP contribution in [-0.4, -0.2) is 13.1 Å². The van der Waals surface area contributed by atoms with Crippen LogP contribution in [0.4, 0.5) is 0 Å². The van der Waals surface area contributed by atoms with Crippen LogP contribution in [0.2, 0.25) is 0 Å². The number of hydrogen-bond acceptors (Lipinski definition) is 3. The molecular formula is C9H10Br2N2O. The molecule has 5 heteroatoms. The van der Waals surface area contributed by atoms with E-state index in [1.807, 2.05) is 6.07 Å². The minimum atomic E-state index is -0.0475. The first-order valence-corrected chi connectivity index (χ1v) is 5.59. The van der Waals surface area contributed by atoms with E-state index in [2.05, 4.69) is 43.1 Å². The summed E-state index contributed by atoms with van der Waals surface area (Å²) in [7, 11) is 0. The first-order valence-electron chi connectivity index (χ1n) is 4.00. The molecule has 1 atom stereocenters. The van der Waals surface area contributed by atoms with Crippen LogP contribution in [-0.2, 0) is 0 Å². The molecule has 1 unspecified atom stereocenters. The molecule has 0 fully saturated rings. The summed E-state index contributed by atoms with van der Waals surface area (Å²) >= 11 is 6.59. The highest BCUT2D eigenvalue weighted by molar-refractivity contribution is 9.13. The number of furan rings is 1. The highest BCUT2D eigenvalue weighted by atomic mass is 79.9. The third-order valence-electron chi connectivity index (χ3n) is 1.69. The molecule has 3 nitrogen and oxygen atoms in total. The molecule has 0 spiro atoms. The molecule has 0 aliphatic heterocycles. The van der Waals surface area contributed by atoms with Crippen LogP contribution in [0.5, 0.6) is 0 Å². The van der Waals surface area contributed by atoms with Gasteiger partial charge in [0.25, 0.3) is 0 Å². The number of hydrogen-bond donors (Lipinski definition) is 2. The Labute approximate surface area is 99.7 Å². The van der Waals surface area contributed by atoms with Gasteiger partial charge in [-0.1, -0.05) is 5.92 Å². The molecule has 0 aliphatic rings. The Morgan fingerprint density at radius 1 is 1.64 bits per heavy atom. The maximum Gasteiger partial charge on any atom is 0.183 e. The van der Waals surface area contributed by atoms with Crippen molar-refractivity contribution in [3.05, 3.63) is 21.0 Å². The molecule has 0 aliphatic carbocycles. The SMILES string of the molecule is C#CCNC(CN)c1cc(Br)c(Br)o1. The Hall–Kier alpha value is -0.280. The molecule has 0 saturated heterocycles. The van der Waals surface area contributed by atoms with Crippen molar-refractivity contribution in [2.75, 3.05) is 13.1 Å². The molecule has 1 heterocycles. The first-order chi connectivity index (χ1) is 6.69. The fraction of sp³-hybridized carbons (Fsp3) is 0.333. The lowest BCUT2D eigenvalue weighted by Gasteiger charge is -2.11. The quantitative estimate of drug-likeness (QED) is 0.834. The van der Waals surface area contributed by atoms with Gasteiger partial charge < -0.3 is 10.2 Å². The van der Waals surface area contributed by atoms with Crippen molar-refractivity contribution in [3.8, 4) is 12.3 Å². The second kappa shape index (κ2) is 5.56. The standard InChI is InChI=1S/C9H10Br2N2O/c1-2-3-13-7(5-12)8-4-6(10)9(11)14-8/h1,4,7,13H,3,5,12H2. The van der Waals surface area contributed by atoms with E-state index in [9.17, 15) is 0 Å². The van der Waals surface area contributed by atoms with E-state index in [0.29, 0.717) is 17.8 Å². The summed E-state index contributed by atoms with van der Waals surface area (Å²) in [5.74, 6) is 3.26. The van der Waals surface area contributed by atoms with Crippen molar-refractivity contribution >= 4 is 31.9 Å². The van der Waals surface area contributed by atoms with E-state index in [-0.39, 0.29) is 6.04 Å². The Morgan fingerprint density at radius 2 is 2.36 bits per heavy atom. The summed E-state index contributed by atoms with van der Waals surface area (Å²) in [6, 6.07) is 1.82. The summed E-state index contributed by atoms with van der Waals surface area (Å²) in [6.07, 6.45) is 5.14. The monoisotopic (exact) mass is 320 g/mol. The molecule has 3 N–H and O–H groups in total. The lowest BCUT2D eigenvalue weighted by molar-refractivity contribution is 0.416. The molecule has 0 radical (unpaired) electrons. The highest BCUT2D eigenvalue weighted by Crippen LogP contribution is 2.29. The maximum atomic E-state index is 5.58. The van der Waals surface area contributed by atoms with Gasteiger partial charge in [0.1, 0.15) is 5.76 Å². The molecule has 1 aromatic rings. The van der Waals surface area contributed by atoms with Gasteiger partial charge in [-0.25, -0.2) is 0 Å². The van der Waals surface area contributed by atoms with Crippen molar-refractivity contribution in [1.82, 2.24) is 5.32 Å². The van der Waals surface area contributed by atoms with Gasteiger partial charge in [0.15, 0.2) is 4.67 Å². The van der Waals surface area contributed by atoms with Crippen LogP contribution in [0.25, 0.3) is 0 Å². The third-order valence-corrected chi connectivity index (χ3v) is 3.40. The average molecular weight is 322 g/mol. The second-order valence-electron chi connectivity index (χ2n) is 2.64. The first kappa shape index (κ1) is 11.8. The molecule has 0 saturated carbocycles. The summed E-state index contributed by atoms with van der Waals surface area (Å²) in [5.41, 5.74) is 5.58. The molecule has 1 aromatic heterocycles. The van der Waals surface area contributed by atoms with Gasteiger partial charge in [-0.2, -0.15) is 0 Å². The zero-order valence-electron chi connectivity index (χ0n) is 7.39. The Morgan fingerprint density at radius 3 is 2.79 bits per heavy atom. The minimum absolute atomic E-state index is 0.0475. The van der Waals surface area contributed by atoms with Crippen LogP contribution in [0, 0.1) is 12.3 Å². The van der Waals surface area contributed by atoms with Crippen molar-refractivity contribution in [2.24, 2.45) is 5.73 Å². The lowest BCUT2D eigenvalue weighted by atomic mass is 10.2. The molecule has 0 bridgehead atoms. The van der Waals surface area contributed by atoms with Crippen molar-refractivity contribution in [3.63, 3.8) is 0 Å². The largest absolute Gasteiger partial charge is 0.451 e. The Balaban J connectivity index is 2.74. The summed E-state index contributed by atoms with van der Waals surface area (Å²) < 4.78 is 6.95. The van der Waals surface area contributed by atoms with Crippen LogP contribution >= 0.6 is 31.9 Å². The average Bonchev–Trinajstić information content (AvgIpc) is 2.48. The highest BCUT2D eigenvalue weighted by Gasteiger charge is 2.15. The van der Waals surface area contributed by atoms with Gasteiger partial charge in [0, 0.05) is 6.54 Å². The van der Waals surface area contributed by atoms with Crippen LogP contribution in [0.15, 0.2) is 19.6 Å². The van der Waals surface area contributed by atoms with Crippen LogP contribution in [0.3, 0.4) is 0 Å². The fourth-order valence-corrected chi connectivity index (χ4v) is 1.63. The maximum absolute atomic E-state index is 5.58. The van der Waals surface area contributed by atoms with Gasteiger partial charge in [-0.15, -0.1) is 6.42 Å². The predicted octanol–water partition coefficient (Wildman–Crippen LogP) is 2.03. The molecule has 14 heavy (non-hydrogen) atoms. The molecule has 1 rings (SSSR count). The van der Waals surface area contributed by atoms with E-state index >= 15 is 0 Å². The van der Waals surface area contributed by atoms with Gasteiger partial charge >= 0.3 is 0 Å². The molecule has 0 amide bonds.